The molecule has 0 fully saturated rings. The fourth-order valence-corrected chi connectivity index (χ4v) is 3.33. The first-order valence-corrected chi connectivity index (χ1v) is 8.94. The highest BCUT2D eigenvalue weighted by molar-refractivity contribution is 6.36. The van der Waals surface area contributed by atoms with Crippen molar-refractivity contribution < 1.29 is 9.53 Å². The Balaban J connectivity index is 2.29. The van der Waals surface area contributed by atoms with E-state index in [1.54, 1.807) is 25.3 Å². The second-order valence-corrected chi connectivity index (χ2v) is 7.27. The lowest BCUT2D eigenvalue weighted by molar-refractivity contribution is 0.0940. The molecule has 0 radical (unpaired) electrons. The van der Waals surface area contributed by atoms with Gasteiger partial charge < -0.3 is 10.1 Å². The molecule has 0 saturated carbocycles. The van der Waals surface area contributed by atoms with E-state index < -0.39 is 0 Å². The van der Waals surface area contributed by atoms with Crippen LogP contribution in [0.3, 0.4) is 0 Å². The molecule has 0 heterocycles. The lowest BCUT2D eigenvalue weighted by Gasteiger charge is -2.21. The molecule has 1 atom stereocenters. The zero-order valence-corrected chi connectivity index (χ0v) is 16.6. The molecule has 0 bridgehead atoms. The number of carbonyl (C=O) groups is 1. The van der Waals surface area contributed by atoms with Crippen molar-refractivity contribution in [3.63, 3.8) is 0 Å². The average Bonchev–Trinajstić information content (AvgIpc) is 2.53. The molecule has 0 saturated heterocycles. The number of rotatable bonds is 5. The second kappa shape index (κ2) is 8.11. The zero-order chi connectivity index (χ0) is 18.7. The Bertz CT molecular complexity index is 788. The van der Waals surface area contributed by atoms with Gasteiger partial charge in [0.1, 0.15) is 5.75 Å². The number of amides is 1. The summed E-state index contributed by atoms with van der Waals surface area (Å²) in [7, 11) is 1.67. The van der Waals surface area contributed by atoms with Crippen LogP contribution in [0.1, 0.15) is 59.8 Å². The first-order chi connectivity index (χ1) is 11.7. The molecule has 3 nitrogen and oxygen atoms in total. The van der Waals surface area contributed by atoms with Crippen LogP contribution in [0.4, 0.5) is 0 Å². The maximum atomic E-state index is 12.6. The van der Waals surface area contributed by atoms with Gasteiger partial charge >= 0.3 is 0 Å². The normalized spacial score (nSPS) is 12.2. The molecule has 2 aromatic carbocycles. The van der Waals surface area contributed by atoms with Crippen LogP contribution in [-0.2, 0) is 0 Å². The van der Waals surface area contributed by atoms with Crippen molar-refractivity contribution in [3.05, 3.63) is 62.6 Å². The molecule has 0 aliphatic rings. The van der Waals surface area contributed by atoms with E-state index in [1.807, 2.05) is 19.9 Å². The fraction of sp³-hybridized carbons (Fsp3) is 0.350. The summed E-state index contributed by atoms with van der Waals surface area (Å²) in [6.07, 6.45) is 0. The van der Waals surface area contributed by atoms with Crippen molar-refractivity contribution in [2.75, 3.05) is 7.11 Å². The van der Waals surface area contributed by atoms with Gasteiger partial charge in [-0.1, -0.05) is 37.0 Å². The summed E-state index contributed by atoms with van der Waals surface area (Å²) in [6.45, 7) is 8.21. The quantitative estimate of drug-likeness (QED) is 0.699. The number of ether oxygens (including phenoxy) is 1. The largest absolute Gasteiger partial charge is 0.496 e. The van der Waals surface area contributed by atoms with E-state index in [4.69, 9.17) is 27.9 Å². The van der Waals surface area contributed by atoms with Crippen LogP contribution in [-0.4, -0.2) is 13.0 Å². The predicted molar refractivity (Wildman–Crippen MR) is 104 cm³/mol. The first kappa shape index (κ1) is 19.6. The number of nitrogens with one attached hydrogen (secondary N) is 1. The summed E-state index contributed by atoms with van der Waals surface area (Å²) in [4.78, 5) is 12.6. The monoisotopic (exact) mass is 379 g/mol. The molecule has 2 rings (SSSR count). The van der Waals surface area contributed by atoms with Crippen molar-refractivity contribution in [1.82, 2.24) is 5.32 Å². The second-order valence-electron chi connectivity index (χ2n) is 6.42. The van der Waals surface area contributed by atoms with Crippen LogP contribution in [0.2, 0.25) is 10.0 Å². The standard InChI is InChI=1S/C20H23Cl2NO2/c1-11(2)16-10-17(12(3)8-19(16)25-5)13(4)23-20(24)15-7-6-14(21)9-18(15)22/h6-11,13H,1-5H3,(H,23,24)/t13-/m1/s1. The van der Waals surface area contributed by atoms with E-state index >= 15 is 0 Å². The first-order valence-electron chi connectivity index (χ1n) is 8.19. The number of halogens is 2. The molecule has 0 aliphatic heterocycles. The molecule has 0 spiro atoms. The Morgan fingerprint density at radius 1 is 1.08 bits per heavy atom. The van der Waals surface area contributed by atoms with Gasteiger partial charge in [-0.25, -0.2) is 0 Å². The molecule has 0 aliphatic carbocycles. The van der Waals surface area contributed by atoms with Crippen molar-refractivity contribution in [2.45, 2.75) is 39.7 Å². The Kier molecular flexibility index (Phi) is 6.36. The Morgan fingerprint density at radius 3 is 2.32 bits per heavy atom. The Labute approximate surface area is 159 Å². The highest BCUT2D eigenvalue weighted by Gasteiger charge is 2.18. The topological polar surface area (TPSA) is 38.3 Å². The van der Waals surface area contributed by atoms with Crippen LogP contribution in [0.25, 0.3) is 0 Å². The van der Waals surface area contributed by atoms with Crippen LogP contribution >= 0.6 is 23.2 Å². The van der Waals surface area contributed by atoms with Crippen LogP contribution in [0.5, 0.6) is 5.75 Å². The van der Waals surface area contributed by atoms with Crippen LogP contribution in [0, 0.1) is 6.92 Å². The van der Waals surface area contributed by atoms with Gasteiger partial charge in [0.15, 0.2) is 0 Å². The SMILES string of the molecule is COc1cc(C)c([C@@H](C)NC(=O)c2ccc(Cl)cc2Cl)cc1C(C)C. The summed E-state index contributed by atoms with van der Waals surface area (Å²) >= 11 is 12.0. The third-order valence-corrected chi connectivity index (χ3v) is 4.78. The van der Waals surface area contributed by atoms with E-state index in [9.17, 15) is 4.79 Å². The van der Waals surface area contributed by atoms with Gasteiger partial charge in [-0.2, -0.15) is 0 Å². The summed E-state index contributed by atoms with van der Waals surface area (Å²) in [6, 6.07) is 8.81. The van der Waals surface area contributed by atoms with Gasteiger partial charge in [-0.3, -0.25) is 4.79 Å². The summed E-state index contributed by atoms with van der Waals surface area (Å²) < 4.78 is 5.48. The third kappa shape index (κ3) is 4.47. The molecule has 1 N–H and O–H groups in total. The molecule has 0 unspecified atom stereocenters. The van der Waals surface area contributed by atoms with Gasteiger partial charge in [-0.15, -0.1) is 0 Å². The molecule has 5 heteroatoms. The van der Waals surface area contributed by atoms with Gasteiger partial charge in [0.2, 0.25) is 0 Å². The molecule has 0 aromatic heterocycles. The van der Waals surface area contributed by atoms with E-state index in [2.05, 4.69) is 25.2 Å². The minimum Gasteiger partial charge on any atom is -0.496 e. The van der Waals surface area contributed by atoms with Gasteiger partial charge in [0, 0.05) is 5.02 Å². The summed E-state index contributed by atoms with van der Waals surface area (Å²) in [5, 5.41) is 3.85. The highest BCUT2D eigenvalue weighted by Crippen LogP contribution is 2.32. The fourth-order valence-electron chi connectivity index (χ4n) is 2.84. The van der Waals surface area contributed by atoms with Crippen LogP contribution < -0.4 is 10.1 Å². The molecular formula is C20H23Cl2NO2. The summed E-state index contributed by atoms with van der Waals surface area (Å²) in [5.74, 6) is 0.967. The molecule has 2 aromatic rings. The summed E-state index contributed by atoms with van der Waals surface area (Å²) in [5.41, 5.74) is 3.65. The van der Waals surface area contributed by atoms with Crippen molar-refractivity contribution in [1.29, 1.82) is 0 Å². The lowest BCUT2D eigenvalue weighted by Crippen LogP contribution is -2.27. The van der Waals surface area contributed by atoms with E-state index in [0.717, 1.165) is 22.4 Å². The van der Waals surface area contributed by atoms with Gasteiger partial charge in [-0.05, 0) is 66.8 Å². The lowest BCUT2D eigenvalue weighted by atomic mass is 9.93. The zero-order valence-electron chi connectivity index (χ0n) is 15.1. The van der Waals surface area contributed by atoms with Crippen molar-refractivity contribution >= 4 is 29.1 Å². The van der Waals surface area contributed by atoms with Gasteiger partial charge in [0.25, 0.3) is 5.91 Å². The molecule has 1 amide bonds. The van der Waals surface area contributed by atoms with E-state index in [-0.39, 0.29) is 11.9 Å². The number of hydrogen-bond donors (Lipinski definition) is 1. The minimum absolute atomic E-state index is 0.164. The molecule has 134 valence electrons. The Morgan fingerprint density at radius 2 is 1.76 bits per heavy atom. The van der Waals surface area contributed by atoms with Crippen LogP contribution in [0.15, 0.2) is 30.3 Å². The highest BCUT2D eigenvalue weighted by atomic mass is 35.5. The van der Waals surface area contributed by atoms with E-state index in [0.29, 0.717) is 21.5 Å². The van der Waals surface area contributed by atoms with Crippen molar-refractivity contribution in [2.24, 2.45) is 0 Å². The Hall–Kier alpha value is -1.71. The number of carbonyl (C=O) groups excluding carboxylic acids is 1. The minimum atomic E-state index is -0.226. The molecular weight excluding hydrogens is 357 g/mol. The molecule has 25 heavy (non-hydrogen) atoms. The number of hydrogen-bond acceptors (Lipinski definition) is 2. The maximum Gasteiger partial charge on any atom is 0.253 e. The number of benzene rings is 2. The van der Waals surface area contributed by atoms with E-state index in [1.165, 1.54) is 0 Å². The van der Waals surface area contributed by atoms with Gasteiger partial charge in [0.05, 0.1) is 23.7 Å². The third-order valence-electron chi connectivity index (χ3n) is 4.23. The maximum absolute atomic E-state index is 12.6. The smallest absolute Gasteiger partial charge is 0.253 e. The number of methoxy groups -OCH3 is 1. The number of aryl methyl sites for hydroxylation is 1. The van der Waals surface area contributed by atoms with Crippen molar-refractivity contribution in [3.8, 4) is 5.75 Å². The predicted octanol–water partition coefficient (Wildman–Crippen LogP) is 5.92. The average molecular weight is 380 g/mol.